The largest absolute Gasteiger partial charge is 0.455 e. The van der Waals surface area contributed by atoms with Crippen molar-refractivity contribution in [3.05, 3.63) is 60.0 Å². The minimum Gasteiger partial charge on any atom is -0.455 e. The van der Waals surface area contributed by atoms with Gasteiger partial charge in [-0.2, -0.15) is 0 Å². The topological polar surface area (TPSA) is 58.5 Å². The van der Waals surface area contributed by atoms with Crippen LogP contribution in [0.25, 0.3) is 23.6 Å². The van der Waals surface area contributed by atoms with Crippen LogP contribution >= 0.6 is 0 Å². The Labute approximate surface area is 167 Å². The number of fused-ring (bicyclic) bond motifs is 1. The second-order valence-corrected chi connectivity index (χ2v) is 7.68. The van der Waals surface area contributed by atoms with Gasteiger partial charge in [0, 0.05) is 17.8 Å². The maximum atomic E-state index is 9.15. The van der Waals surface area contributed by atoms with E-state index in [1.54, 1.807) is 18.2 Å². The standard InChI is InChI=1S/C24H31NO3/c1-5-16(4)18-10-11-20-19(13-18)14-21(25(20)12-8-9-24(26)27)23-15-17(6-2)22(7-3)28-23/h6-9,14-16,18,24,26-27H,2-3,5,10-13H2,1,4H3/b9-8+. The highest BCUT2D eigenvalue weighted by Crippen LogP contribution is 2.37. The Hall–Kier alpha value is -2.30. The number of rotatable bonds is 8. The molecule has 1 aliphatic rings. The van der Waals surface area contributed by atoms with Crippen molar-refractivity contribution in [2.75, 3.05) is 0 Å². The minimum atomic E-state index is -1.44. The predicted octanol–water partition coefficient (Wildman–Crippen LogP) is 5.05. The van der Waals surface area contributed by atoms with Gasteiger partial charge in [0.25, 0.3) is 0 Å². The van der Waals surface area contributed by atoms with Crippen molar-refractivity contribution in [2.45, 2.75) is 52.4 Å². The number of hydrogen-bond acceptors (Lipinski definition) is 3. The zero-order valence-electron chi connectivity index (χ0n) is 16.9. The highest BCUT2D eigenvalue weighted by atomic mass is 16.5. The Morgan fingerprint density at radius 1 is 1.29 bits per heavy atom. The molecule has 0 amide bonds. The molecule has 0 bridgehead atoms. The number of furan rings is 1. The molecular weight excluding hydrogens is 350 g/mol. The molecule has 1 aliphatic carbocycles. The van der Waals surface area contributed by atoms with E-state index in [4.69, 9.17) is 14.6 Å². The van der Waals surface area contributed by atoms with Crippen LogP contribution in [0.15, 0.2) is 41.9 Å². The van der Waals surface area contributed by atoms with Crippen molar-refractivity contribution in [1.82, 2.24) is 4.57 Å². The molecule has 3 rings (SSSR count). The monoisotopic (exact) mass is 381 g/mol. The predicted molar refractivity (Wildman–Crippen MR) is 115 cm³/mol. The molecule has 0 spiro atoms. The molecule has 2 atom stereocenters. The quantitative estimate of drug-likeness (QED) is 0.497. The average molecular weight is 382 g/mol. The summed E-state index contributed by atoms with van der Waals surface area (Å²) in [5, 5.41) is 18.3. The van der Waals surface area contributed by atoms with E-state index in [1.165, 1.54) is 30.2 Å². The molecule has 4 heteroatoms. The first kappa shape index (κ1) is 20.4. The first-order valence-electron chi connectivity index (χ1n) is 10.1. The molecule has 2 N–H and O–H groups in total. The number of allylic oxidation sites excluding steroid dienone is 1. The highest BCUT2D eigenvalue weighted by molar-refractivity contribution is 5.68. The van der Waals surface area contributed by atoms with Gasteiger partial charge in [-0.1, -0.05) is 45.6 Å². The van der Waals surface area contributed by atoms with Crippen LogP contribution in [0.4, 0.5) is 0 Å². The Kier molecular flexibility index (Phi) is 6.42. The van der Waals surface area contributed by atoms with E-state index >= 15 is 0 Å². The van der Waals surface area contributed by atoms with Crippen molar-refractivity contribution >= 4 is 12.2 Å². The fourth-order valence-electron chi connectivity index (χ4n) is 4.21. The Balaban J connectivity index is 2.03. The molecule has 2 unspecified atom stereocenters. The van der Waals surface area contributed by atoms with Gasteiger partial charge in [-0.3, -0.25) is 0 Å². The van der Waals surface area contributed by atoms with Crippen LogP contribution in [0.1, 0.15) is 49.3 Å². The number of nitrogens with zero attached hydrogens (tertiary/aromatic N) is 1. The third-order valence-corrected chi connectivity index (χ3v) is 6.03. The summed E-state index contributed by atoms with van der Waals surface area (Å²) >= 11 is 0. The van der Waals surface area contributed by atoms with Crippen LogP contribution in [0.5, 0.6) is 0 Å². The molecule has 4 nitrogen and oxygen atoms in total. The number of aliphatic hydroxyl groups excluding tert-OH is 1. The molecule has 2 aromatic heterocycles. The molecule has 0 saturated heterocycles. The maximum absolute atomic E-state index is 9.15. The molecule has 0 fully saturated rings. The van der Waals surface area contributed by atoms with Gasteiger partial charge in [-0.25, -0.2) is 0 Å². The van der Waals surface area contributed by atoms with Crippen LogP contribution < -0.4 is 0 Å². The summed E-state index contributed by atoms with van der Waals surface area (Å²) in [6.45, 7) is 12.9. The van der Waals surface area contributed by atoms with Crippen LogP contribution in [0, 0.1) is 11.8 Å². The van der Waals surface area contributed by atoms with Crippen molar-refractivity contribution in [2.24, 2.45) is 11.8 Å². The lowest BCUT2D eigenvalue weighted by molar-refractivity contribution is 0.00213. The average Bonchev–Trinajstić information content (AvgIpc) is 3.27. The lowest BCUT2D eigenvalue weighted by Crippen LogP contribution is -2.21. The summed E-state index contributed by atoms with van der Waals surface area (Å²) in [7, 11) is 0. The molecule has 150 valence electrons. The third kappa shape index (κ3) is 4.08. The number of aromatic nitrogens is 1. The van der Waals surface area contributed by atoms with E-state index in [9.17, 15) is 0 Å². The van der Waals surface area contributed by atoms with Gasteiger partial charge in [0.15, 0.2) is 12.1 Å². The summed E-state index contributed by atoms with van der Waals surface area (Å²) in [5.74, 6) is 2.93. The van der Waals surface area contributed by atoms with E-state index < -0.39 is 6.29 Å². The van der Waals surface area contributed by atoms with Gasteiger partial charge in [-0.05, 0) is 60.9 Å². The molecule has 0 aromatic carbocycles. The van der Waals surface area contributed by atoms with Crippen LogP contribution in [-0.4, -0.2) is 21.1 Å². The zero-order chi connectivity index (χ0) is 20.3. The molecular formula is C24H31NO3. The van der Waals surface area contributed by atoms with Gasteiger partial charge in [0.2, 0.25) is 0 Å². The molecule has 0 saturated carbocycles. The lowest BCUT2D eigenvalue weighted by Gasteiger charge is -2.28. The second kappa shape index (κ2) is 8.80. The summed E-state index contributed by atoms with van der Waals surface area (Å²) < 4.78 is 8.28. The summed E-state index contributed by atoms with van der Waals surface area (Å²) in [4.78, 5) is 0. The van der Waals surface area contributed by atoms with E-state index in [2.05, 4.69) is 37.6 Å². The van der Waals surface area contributed by atoms with Gasteiger partial charge < -0.3 is 19.2 Å². The first-order valence-corrected chi connectivity index (χ1v) is 10.1. The minimum absolute atomic E-state index is 0.573. The van der Waals surface area contributed by atoms with E-state index in [1.807, 2.05) is 6.07 Å². The van der Waals surface area contributed by atoms with E-state index in [0.29, 0.717) is 18.4 Å². The number of hydrogen-bond donors (Lipinski definition) is 2. The summed E-state index contributed by atoms with van der Waals surface area (Å²) in [6.07, 6.45) is 9.73. The molecule has 0 radical (unpaired) electrons. The van der Waals surface area contributed by atoms with Crippen LogP contribution in [-0.2, 0) is 19.4 Å². The molecule has 0 aliphatic heterocycles. The van der Waals surface area contributed by atoms with Crippen molar-refractivity contribution in [1.29, 1.82) is 0 Å². The smallest absolute Gasteiger partial charge is 0.171 e. The third-order valence-electron chi connectivity index (χ3n) is 6.03. The van der Waals surface area contributed by atoms with Gasteiger partial charge in [0.1, 0.15) is 5.76 Å². The van der Waals surface area contributed by atoms with Gasteiger partial charge in [0.05, 0.1) is 5.69 Å². The lowest BCUT2D eigenvalue weighted by atomic mass is 9.79. The SMILES string of the molecule is C=Cc1cc(-c2cc3c(n2C/C=C/C(O)O)CCC(C(C)CC)C3)oc1C=C. The fraction of sp³-hybridized carbons (Fsp3) is 0.417. The van der Waals surface area contributed by atoms with E-state index in [0.717, 1.165) is 35.6 Å². The molecule has 2 aromatic rings. The highest BCUT2D eigenvalue weighted by Gasteiger charge is 2.27. The first-order chi connectivity index (χ1) is 13.5. The van der Waals surface area contributed by atoms with Crippen LogP contribution in [0.3, 0.4) is 0 Å². The number of aliphatic hydroxyl groups is 2. The van der Waals surface area contributed by atoms with Gasteiger partial charge >= 0.3 is 0 Å². The summed E-state index contributed by atoms with van der Waals surface area (Å²) in [5.41, 5.74) is 4.64. The van der Waals surface area contributed by atoms with Crippen molar-refractivity contribution in [3.8, 4) is 11.5 Å². The Bertz CT molecular complexity index is 843. The Morgan fingerprint density at radius 3 is 2.68 bits per heavy atom. The summed E-state index contributed by atoms with van der Waals surface area (Å²) in [6, 6.07) is 4.24. The zero-order valence-corrected chi connectivity index (χ0v) is 16.9. The molecule has 28 heavy (non-hydrogen) atoms. The molecule has 2 heterocycles. The van der Waals surface area contributed by atoms with Crippen molar-refractivity contribution in [3.63, 3.8) is 0 Å². The van der Waals surface area contributed by atoms with E-state index in [-0.39, 0.29) is 0 Å². The Morgan fingerprint density at radius 2 is 2.07 bits per heavy atom. The maximum Gasteiger partial charge on any atom is 0.171 e. The van der Waals surface area contributed by atoms with Crippen LogP contribution in [0.2, 0.25) is 0 Å². The van der Waals surface area contributed by atoms with Gasteiger partial charge in [-0.15, -0.1) is 0 Å². The normalized spacial score (nSPS) is 17.8. The second-order valence-electron chi connectivity index (χ2n) is 7.68. The fourth-order valence-corrected chi connectivity index (χ4v) is 4.21. The van der Waals surface area contributed by atoms with Crippen molar-refractivity contribution < 1.29 is 14.6 Å².